The molecule has 1 heterocycles. The Morgan fingerprint density at radius 3 is 2.43 bits per heavy atom. The first-order valence-corrected chi connectivity index (χ1v) is 4.78. The second-order valence-electron chi connectivity index (χ2n) is 2.63. The minimum absolute atomic E-state index is 0.409. The monoisotopic (exact) mass is 207 g/mol. The molecule has 4 N–H and O–H groups in total. The minimum Gasteiger partial charge on any atom is -0.374 e. The molecule has 0 saturated heterocycles. The molecule has 0 spiro atoms. The van der Waals surface area contributed by atoms with Crippen molar-refractivity contribution in [2.75, 3.05) is 10.7 Å². The first-order valence-electron chi connectivity index (χ1n) is 3.96. The molecule has 0 saturated carbocycles. The molecule has 1 aromatic carbocycles. The van der Waals surface area contributed by atoms with E-state index in [1.54, 1.807) is 0 Å². The molecular formula is C8H9N5S. The average molecular weight is 207 g/mol. The number of benzene rings is 1. The van der Waals surface area contributed by atoms with Crippen molar-refractivity contribution in [1.82, 2.24) is 10.2 Å². The molecule has 0 aliphatic rings. The summed E-state index contributed by atoms with van der Waals surface area (Å²) in [5.41, 5.74) is 6.31. The Hall–Kier alpha value is -1.66. The van der Waals surface area contributed by atoms with Crippen molar-refractivity contribution in [3.05, 3.63) is 30.3 Å². The van der Waals surface area contributed by atoms with E-state index >= 15 is 0 Å². The predicted octanol–water partition coefficient (Wildman–Crippen LogP) is 1.13. The number of nitrogens with zero attached hydrogens (tertiary/aromatic N) is 3. The van der Waals surface area contributed by atoms with E-state index in [1.807, 2.05) is 30.3 Å². The highest BCUT2D eigenvalue weighted by molar-refractivity contribution is 7.18. The van der Waals surface area contributed by atoms with E-state index in [9.17, 15) is 0 Å². The van der Waals surface area contributed by atoms with Crippen LogP contribution in [0.15, 0.2) is 30.3 Å². The summed E-state index contributed by atoms with van der Waals surface area (Å²) in [6.45, 7) is 0. The second-order valence-corrected chi connectivity index (χ2v) is 3.62. The molecule has 5 nitrogen and oxygen atoms in total. The maximum atomic E-state index is 5.82. The SMILES string of the molecule is Nc1nnc(N(N)c2ccccc2)s1. The van der Waals surface area contributed by atoms with Crippen molar-refractivity contribution in [2.24, 2.45) is 5.84 Å². The lowest BCUT2D eigenvalue weighted by Gasteiger charge is -2.13. The first kappa shape index (κ1) is 8.92. The summed E-state index contributed by atoms with van der Waals surface area (Å²) < 4.78 is 0. The van der Waals surface area contributed by atoms with Gasteiger partial charge >= 0.3 is 0 Å². The molecule has 72 valence electrons. The van der Waals surface area contributed by atoms with Gasteiger partial charge in [-0.2, -0.15) is 0 Å². The van der Waals surface area contributed by atoms with E-state index in [4.69, 9.17) is 11.6 Å². The van der Waals surface area contributed by atoms with Crippen LogP contribution in [0.3, 0.4) is 0 Å². The molecule has 2 rings (SSSR count). The van der Waals surface area contributed by atoms with Gasteiger partial charge in [-0.1, -0.05) is 29.5 Å². The predicted molar refractivity (Wildman–Crippen MR) is 57.1 cm³/mol. The third-order valence-corrected chi connectivity index (χ3v) is 2.42. The van der Waals surface area contributed by atoms with Crippen molar-refractivity contribution in [1.29, 1.82) is 0 Å². The molecular weight excluding hydrogens is 198 g/mol. The highest BCUT2D eigenvalue weighted by Crippen LogP contribution is 2.25. The molecule has 6 heteroatoms. The molecule has 0 atom stereocenters. The van der Waals surface area contributed by atoms with Crippen LogP contribution in [-0.4, -0.2) is 10.2 Å². The number of anilines is 3. The molecule has 0 aliphatic heterocycles. The van der Waals surface area contributed by atoms with E-state index in [1.165, 1.54) is 16.3 Å². The van der Waals surface area contributed by atoms with Crippen molar-refractivity contribution in [3.8, 4) is 0 Å². The van der Waals surface area contributed by atoms with Gasteiger partial charge in [-0.05, 0) is 12.1 Å². The van der Waals surface area contributed by atoms with E-state index in [-0.39, 0.29) is 0 Å². The molecule has 0 bridgehead atoms. The number of nitrogens with two attached hydrogens (primary N) is 2. The lowest BCUT2D eigenvalue weighted by atomic mass is 10.3. The Morgan fingerprint density at radius 1 is 1.14 bits per heavy atom. The molecule has 0 amide bonds. The van der Waals surface area contributed by atoms with Crippen LogP contribution in [0.1, 0.15) is 0 Å². The van der Waals surface area contributed by atoms with E-state index < -0.39 is 0 Å². The highest BCUT2D eigenvalue weighted by Gasteiger charge is 2.08. The van der Waals surface area contributed by atoms with Crippen LogP contribution in [0.4, 0.5) is 16.0 Å². The van der Waals surface area contributed by atoms with Gasteiger partial charge in [-0.25, -0.2) is 5.84 Å². The van der Waals surface area contributed by atoms with Gasteiger partial charge in [0.2, 0.25) is 10.3 Å². The van der Waals surface area contributed by atoms with Crippen molar-refractivity contribution in [3.63, 3.8) is 0 Å². The van der Waals surface area contributed by atoms with Crippen LogP contribution in [0.25, 0.3) is 0 Å². The standard InChI is InChI=1S/C8H9N5S/c9-7-11-12-8(14-7)13(10)6-4-2-1-3-5-6/h1-5H,10H2,(H2,9,11). The maximum absolute atomic E-state index is 5.82. The van der Waals surface area contributed by atoms with Gasteiger partial charge in [0.15, 0.2) is 0 Å². The van der Waals surface area contributed by atoms with Crippen molar-refractivity contribution >= 4 is 27.3 Å². The topological polar surface area (TPSA) is 81.1 Å². The van der Waals surface area contributed by atoms with Crippen LogP contribution in [0.5, 0.6) is 0 Å². The van der Waals surface area contributed by atoms with Gasteiger partial charge < -0.3 is 5.73 Å². The van der Waals surface area contributed by atoms with E-state index in [0.29, 0.717) is 10.3 Å². The summed E-state index contributed by atoms with van der Waals surface area (Å²) >= 11 is 1.25. The number of rotatable bonds is 2. The Bertz CT molecular complexity index is 413. The summed E-state index contributed by atoms with van der Waals surface area (Å²) in [6.07, 6.45) is 0. The Morgan fingerprint density at radius 2 is 1.86 bits per heavy atom. The number of hydrogen-bond acceptors (Lipinski definition) is 6. The molecule has 0 unspecified atom stereocenters. The van der Waals surface area contributed by atoms with Gasteiger partial charge in [0.25, 0.3) is 0 Å². The summed E-state index contributed by atoms with van der Waals surface area (Å²) in [5, 5.41) is 9.96. The summed E-state index contributed by atoms with van der Waals surface area (Å²) in [7, 11) is 0. The fraction of sp³-hybridized carbons (Fsp3) is 0. The van der Waals surface area contributed by atoms with Gasteiger partial charge in [0.1, 0.15) is 0 Å². The van der Waals surface area contributed by atoms with Gasteiger partial charge in [0, 0.05) is 0 Å². The van der Waals surface area contributed by atoms with Crippen LogP contribution < -0.4 is 16.6 Å². The van der Waals surface area contributed by atoms with Crippen LogP contribution in [0, 0.1) is 0 Å². The van der Waals surface area contributed by atoms with Gasteiger partial charge in [-0.15, -0.1) is 10.2 Å². The lowest BCUT2D eigenvalue weighted by Crippen LogP contribution is -2.24. The second kappa shape index (κ2) is 3.60. The number of hydrazine groups is 1. The molecule has 14 heavy (non-hydrogen) atoms. The number of aromatic nitrogens is 2. The largest absolute Gasteiger partial charge is 0.374 e. The number of hydrogen-bond donors (Lipinski definition) is 2. The Kier molecular flexibility index (Phi) is 2.30. The molecule has 0 radical (unpaired) electrons. The zero-order valence-electron chi connectivity index (χ0n) is 7.29. The summed E-state index contributed by atoms with van der Waals surface area (Å²) in [5.74, 6) is 5.82. The van der Waals surface area contributed by atoms with Gasteiger partial charge in [-0.3, -0.25) is 5.01 Å². The normalized spacial score (nSPS) is 10.1. The minimum atomic E-state index is 0.409. The van der Waals surface area contributed by atoms with Gasteiger partial charge in [0.05, 0.1) is 5.69 Å². The van der Waals surface area contributed by atoms with E-state index in [2.05, 4.69) is 10.2 Å². The lowest BCUT2D eigenvalue weighted by molar-refractivity contribution is 1.00. The summed E-state index contributed by atoms with van der Waals surface area (Å²) in [6, 6.07) is 9.50. The average Bonchev–Trinajstić information content (AvgIpc) is 2.65. The Labute approximate surface area is 84.9 Å². The Balaban J connectivity index is 2.29. The summed E-state index contributed by atoms with van der Waals surface area (Å²) in [4.78, 5) is 0. The fourth-order valence-corrected chi connectivity index (χ4v) is 1.58. The molecule has 0 aliphatic carbocycles. The third-order valence-electron chi connectivity index (χ3n) is 1.67. The fourth-order valence-electron chi connectivity index (χ4n) is 1.02. The highest BCUT2D eigenvalue weighted by atomic mass is 32.1. The van der Waals surface area contributed by atoms with Crippen LogP contribution >= 0.6 is 11.3 Å². The van der Waals surface area contributed by atoms with E-state index in [0.717, 1.165) is 5.69 Å². The van der Waals surface area contributed by atoms with Crippen LogP contribution in [0.2, 0.25) is 0 Å². The molecule has 0 fully saturated rings. The quantitative estimate of drug-likeness (QED) is 0.570. The first-order chi connectivity index (χ1) is 6.77. The molecule has 1 aromatic heterocycles. The molecule has 2 aromatic rings. The zero-order chi connectivity index (χ0) is 9.97. The van der Waals surface area contributed by atoms with Crippen molar-refractivity contribution < 1.29 is 0 Å². The number of nitrogen functional groups attached to an aromatic ring is 1. The smallest absolute Gasteiger partial charge is 0.228 e. The van der Waals surface area contributed by atoms with Crippen molar-refractivity contribution in [2.45, 2.75) is 0 Å². The van der Waals surface area contributed by atoms with Crippen LogP contribution in [-0.2, 0) is 0 Å². The maximum Gasteiger partial charge on any atom is 0.228 e. The third kappa shape index (κ3) is 1.66. The number of para-hydroxylation sites is 1. The zero-order valence-corrected chi connectivity index (χ0v) is 8.11.